The van der Waals surface area contributed by atoms with Crippen molar-refractivity contribution in [3.8, 4) is 0 Å². The lowest BCUT2D eigenvalue weighted by atomic mass is 10.1. The van der Waals surface area contributed by atoms with Crippen molar-refractivity contribution in [1.82, 2.24) is 0 Å². The summed E-state index contributed by atoms with van der Waals surface area (Å²) in [5.74, 6) is -0.163. The Kier molecular flexibility index (Phi) is 13.5. The summed E-state index contributed by atoms with van der Waals surface area (Å²) in [5.41, 5.74) is 0. The van der Waals surface area contributed by atoms with Gasteiger partial charge in [0.25, 0.3) is 0 Å². The van der Waals surface area contributed by atoms with E-state index in [4.69, 9.17) is 4.74 Å². The first kappa shape index (κ1) is 16.7. The van der Waals surface area contributed by atoms with Crippen molar-refractivity contribution in [2.45, 2.75) is 58.3 Å². The maximum atomic E-state index is 10.8. The van der Waals surface area contributed by atoms with E-state index >= 15 is 0 Å². The van der Waals surface area contributed by atoms with E-state index in [-0.39, 0.29) is 5.97 Å². The van der Waals surface area contributed by atoms with Crippen LogP contribution in [0.3, 0.4) is 0 Å². The molecule has 0 amide bonds. The topological polar surface area (TPSA) is 26.3 Å². The van der Waals surface area contributed by atoms with E-state index in [9.17, 15) is 4.79 Å². The van der Waals surface area contributed by atoms with Gasteiger partial charge in [-0.2, -0.15) is 0 Å². The monoisotopic (exact) mass is 304 g/mol. The first-order chi connectivity index (χ1) is 8.31. The van der Waals surface area contributed by atoms with Crippen LogP contribution in [-0.4, -0.2) is 17.9 Å². The second-order valence-electron chi connectivity index (χ2n) is 4.17. The summed E-state index contributed by atoms with van der Waals surface area (Å²) in [5, 5.41) is 0.301. The van der Waals surface area contributed by atoms with Gasteiger partial charge in [0.05, 0.1) is 6.61 Å². The molecule has 0 aliphatic heterocycles. The minimum atomic E-state index is -0.163. The molecule has 0 rings (SSSR count). The molecule has 0 atom stereocenters. The van der Waals surface area contributed by atoms with Crippen LogP contribution in [0.25, 0.3) is 0 Å². The van der Waals surface area contributed by atoms with Crippen LogP contribution in [0.5, 0.6) is 0 Å². The Morgan fingerprint density at radius 1 is 1.06 bits per heavy atom. The second kappa shape index (κ2) is 13.8. The van der Waals surface area contributed by atoms with Gasteiger partial charge >= 0.3 is 5.97 Å². The molecule has 17 heavy (non-hydrogen) atoms. The summed E-state index contributed by atoms with van der Waals surface area (Å²) >= 11 is 3.06. The molecule has 3 heteroatoms. The normalized spacial score (nSPS) is 10.9. The Bertz CT molecular complexity index is 202. The zero-order valence-electron chi connectivity index (χ0n) is 10.9. The summed E-state index contributed by atoms with van der Waals surface area (Å²) in [6.07, 6.45) is 14.2. The van der Waals surface area contributed by atoms with Crippen molar-refractivity contribution in [3.05, 3.63) is 12.2 Å². The Morgan fingerprint density at radius 3 is 2.35 bits per heavy atom. The number of carbonyl (C=O) groups is 1. The molecule has 0 spiro atoms. The van der Waals surface area contributed by atoms with Crippen LogP contribution in [0, 0.1) is 0 Å². The Morgan fingerprint density at radius 2 is 1.71 bits per heavy atom. The van der Waals surface area contributed by atoms with Crippen molar-refractivity contribution in [1.29, 1.82) is 0 Å². The van der Waals surface area contributed by atoms with Gasteiger partial charge in [-0.25, -0.2) is 0 Å². The van der Waals surface area contributed by atoms with Gasteiger partial charge in [0.2, 0.25) is 0 Å². The highest BCUT2D eigenvalue weighted by Gasteiger charge is 1.97. The third-order valence-electron chi connectivity index (χ3n) is 2.53. The predicted molar refractivity (Wildman–Crippen MR) is 76.5 cm³/mol. The summed E-state index contributed by atoms with van der Waals surface area (Å²) in [6.45, 7) is 2.78. The van der Waals surface area contributed by atoms with Gasteiger partial charge in [0, 0.05) is 0 Å². The zero-order valence-corrected chi connectivity index (χ0v) is 12.5. The lowest BCUT2D eigenvalue weighted by molar-refractivity contribution is -0.140. The number of alkyl halides is 1. The number of rotatable bonds is 11. The van der Waals surface area contributed by atoms with Crippen molar-refractivity contribution < 1.29 is 9.53 Å². The third-order valence-corrected chi connectivity index (χ3v) is 2.99. The molecule has 0 aromatic carbocycles. The third kappa shape index (κ3) is 13.6. The first-order valence-electron chi connectivity index (χ1n) is 6.67. The number of esters is 1. The van der Waals surface area contributed by atoms with Gasteiger partial charge in [0.1, 0.15) is 5.33 Å². The number of halogens is 1. The molecule has 0 N–H and O–H groups in total. The van der Waals surface area contributed by atoms with Crippen molar-refractivity contribution in [2.75, 3.05) is 11.9 Å². The van der Waals surface area contributed by atoms with E-state index in [0.29, 0.717) is 11.9 Å². The molecule has 0 saturated carbocycles. The molecule has 0 aliphatic rings. The highest BCUT2D eigenvalue weighted by atomic mass is 79.9. The maximum absolute atomic E-state index is 10.8. The lowest BCUT2D eigenvalue weighted by Crippen LogP contribution is -2.06. The molecule has 0 aromatic rings. The van der Waals surface area contributed by atoms with Gasteiger partial charge in [-0.15, -0.1) is 0 Å². The van der Waals surface area contributed by atoms with Gasteiger partial charge in [-0.1, -0.05) is 60.7 Å². The SMILES string of the molecule is CCCC/C=C\CCCCCCOC(=O)CBr. The highest BCUT2D eigenvalue weighted by Crippen LogP contribution is 2.05. The first-order valence-corrected chi connectivity index (χ1v) is 7.80. The van der Waals surface area contributed by atoms with Crippen molar-refractivity contribution >= 4 is 21.9 Å². The van der Waals surface area contributed by atoms with Gasteiger partial charge in [0.15, 0.2) is 0 Å². The summed E-state index contributed by atoms with van der Waals surface area (Å²) in [7, 11) is 0. The van der Waals surface area contributed by atoms with Crippen LogP contribution in [0.2, 0.25) is 0 Å². The molecule has 0 aliphatic carbocycles. The van der Waals surface area contributed by atoms with Gasteiger partial charge in [-0.05, 0) is 25.7 Å². The van der Waals surface area contributed by atoms with Crippen LogP contribution in [0.15, 0.2) is 12.2 Å². The van der Waals surface area contributed by atoms with E-state index in [1.54, 1.807) is 0 Å². The highest BCUT2D eigenvalue weighted by molar-refractivity contribution is 9.09. The number of carbonyl (C=O) groups excluding carboxylic acids is 1. The van der Waals surface area contributed by atoms with E-state index in [1.807, 2.05) is 0 Å². The van der Waals surface area contributed by atoms with Crippen LogP contribution >= 0.6 is 15.9 Å². The summed E-state index contributed by atoms with van der Waals surface area (Å²) in [4.78, 5) is 10.8. The molecule has 0 radical (unpaired) electrons. The van der Waals surface area contributed by atoms with E-state index in [1.165, 1.54) is 38.5 Å². The number of hydrogen-bond donors (Lipinski definition) is 0. The Hall–Kier alpha value is -0.310. The minimum Gasteiger partial charge on any atom is -0.465 e. The van der Waals surface area contributed by atoms with E-state index < -0.39 is 0 Å². The number of allylic oxidation sites excluding steroid dienone is 2. The van der Waals surface area contributed by atoms with Crippen molar-refractivity contribution in [3.63, 3.8) is 0 Å². The average molecular weight is 305 g/mol. The molecule has 0 heterocycles. The molecule has 2 nitrogen and oxygen atoms in total. The average Bonchev–Trinajstić information content (AvgIpc) is 2.35. The molecule has 0 aromatic heterocycles. The Labute approximate surface area is 114 Å². The van der Waals surface area contributed by atoms with Crippen LogP contribution in [0.1, 0.15) is 58.3 Å². The quantitative estimate of drug-likeness (QED) is 0.241. The standard InChI is InChI=1S/C14H25BrO2/c1-2-3-4-5-6-7-8-9-10-11-12-17-14(16)13-15/h5-6H,2-4,7-13H2,1H3/b6-5-. The van der Waals surface area contributed by atoms with Crippen LogP contribution in [-0.2, 0) is 9.53 Å². The fourth-order valence-corrected chi connectivity index (χ4v) is 1.66. The van der Waals surface area contributed by atoms with Gasteiger partial charge in [-0.3, -0.25) is 4.79 Å². The molecule has 0 saturated heterocycles. The molecular weight excluding hydrogens is 280 g/mol. The zero-order chi connectivity index (χ0) is 12.8. The van der Waals surface area contributed by atoms with Crippen LogP contribution < -0.4 is 0 Å². The number of hydrogen-bond acceptors (Lipinski definition) is 2. The van der Waals surface area contributed by atoms with E-state index in [0.717, 1.165) is 12.8 Å². The van der Waals surface area contributed by atoms with E-state index in [2.05, 4.69) is 35.0 Å². The van der Waals surface area contributed by atoms with Gasteiger partial charge < -0.3 is 4.74 Å². The fourth-order valence-electron chi connectivity index (χ4n) is 1.50. The minimum absolute atomic E-state index is 0.163. The summed E-state index contributed by atoms with van der Waals surface area (Å²) < 4.78 is 4.96. The largest absolute Gasteiger partial charge is 0.465 e. The molecule has 0 bridgehead atoms. The molecule has 100 valence electrons. The molecular formula is C14H25BrO2. The number of ether oxygens (including phenoxy) is 1. The maximum Gasteiger partial charge on any atom is 0.316 e. The molecule has 0 fully saturated rings. The predicted octanol–water partition coefficient (Wildman–Crippen LogP) is 4.62. The Balaban J connectivity index is 3.08. The smallest absolute Gasteiger partial charge is 0.316 e. The second-order valence-corrected chi connectivity index (χ2v) is 4.73. The van der Waals surface area contributed by atoms with Crippen LogP contribution in [0.4, 0.5) is 0 Å². The number of unbranched alkanes of at least 4 members (excludes halogenated alkanes) is 6. The summed E-state index contributed by atoms with van der Waals surface area (Å²) in [6, 6.07) is 0. The fraction of sp³-hybridized carbons (Fsp3) is 0.786. The molecule has 0 unspecified atom stereocenters. The lowest BCUT2D eigenvalue weighted by Gasteiger charge is -2.02. The van der Waals surface area contributed by atoms with Crippen molar-refractivity contribution in [2.24, 2.45) is 0 Å².